The Morgan fingerprint density at radius 1 is 1.32 bits per heavy atom. The third-order valence-corrected chi connectivity index (χ3v) is 2.60. The lowest BCUT2D eigenvalue weighted by Crippen LogP contribution is -2.42. The van der Waals surface area contributed by atoms with Gasteiger partial charge in [-0.25, -0.2) is 0 Å². The Morgan fingerprint density at radius 3 is 2.47 bits per heavy atom. The molecular formula is C13H17NO5. The molecule has 1 atom stereocenters. The van der Waals surface area contributed by atoms with Crippen LogP contribution in [0.25, 0.3) is 0 Å². The molecule has 0 saturated carbocycles. The molecule has 1 rings (SSSR count). The van der Waals surface area contributed by atoms with Crippen LogP contribution in [0.4, 0.5) is 0 Å². The number of aliphatic hydroxyl groups is 1. The van der Waals surface area contributed by atoms with E-state index in [1.807, 2.05) is 30.3 Å². The molecular weight excluding hydrogens is 250 g/mol. The minimum atomic E-state index is -1.25. The highest BCUT2D eigenvalue weighted by molar-refractivity contribution is 5.74. The van der Waals surface area contributed by atoms with Crippen molar-refractivity contribution in [3.05, 3.63) is 35.9 Å². The Kier molecular flexibility index (Phi) is 5.98. The van der Waals surface area contributed by atoms with Gasteiger partial charge in [0.05, 0.1) is 13.0 Å². The molecule has 6 nitrogen and oxygen atoms in total. The molecule has 0 fully saturated rings. The Balaban J connectivity index is 2.40. The number of hydrogen-bond donors (Lipinski definition) is 2. The fourth-order valence-electron chi connectivity index (χ4n) is 1.51. The molecule has 0 aliphatic heterocycles. The van der Waals surface area contributed by atoms with Gasteiger partial charge >= 0.3 is 11.9 Å². The second-order valence-electron chi connectivity index (χ2n) is 4.03. The van der Waals surface area contributed by atoms with Crippen molar-refractivity contribution < 1.29 is 24.6 Å². The van der Waals surface area contributed by atoms with Crippen LogP contribution in [-0.2, 0) is 20.8 Å². The summed E-state index contributed by atoms with van der Waals surface area (Å²) < 4.78 is 0. The van der Waals surface area contributed by atoms with Crippen LogP contribution in [0.5, 0.6) is 0 Å². The van der Waals surface area contributed by atoms with Crippen LogP contribution in [0.2, 0.25) is 0 Å². The van der Waals surface area contributed by atoms with E-state index in [4.69, 9.17) is 15.1 Å². The van der Waals surface area contributed by atoms with E-state index in [-0.39, 0.29) is 6.42 Å². The third-order valence-electron chi connectivity index (χ3n) is 2.60. The predicted molar refractivity (Wildman–Crippen MR) is 67.1 cm³/mol. The number of carbonyl (C=O) groups is 2. The number of carboxylic acid groups (broad SMARTS) is 1. The minimum absolute atomic E-state index is 0.145. The van der Waals surface area contributed by atoms with Gasteiger partial charge in [-0.3, -0.25) is 9.59 Å². The number of rotatable bonds is 7. The van der Waals surface area contributed by atoms with Crippen molar-refractivity contribution >= 4 is 11.9 Å². The van der Waals surface area contributed by atoms with Crippen LogP contribution >= 0.6 is 0 Å². The Labute approximate surface area is 111 Å². The van der Waals surface area contributed by atoms with Crippen molar-refractivity contribution in [1.82, 2.24) is 5.06 Å². The van der Waals surface area contributed by atoms with Crippen molar-refractivity contribution in [1.29, 1.82) is 0 Å². The maximum atomic E-state index is 11.5. The highest BCUT2D eigenvalue weighted by atomic mass is 16.7. The molecule has 19 heavy (non-hydrogen) atoms. The average molecular weight is 267 g/mol. The molecule has 2 N–H and O–H groups in total. The van der Waals surface area contributed by atoms with Gasteiger partial charge in [0.2, 0.25) is 0 Å². The van der Waals surface area contributed by atoms with Gasteiger partial charge in [0.1, 0.15) is 0 Å². The van der Waals surface area contributed by atoms with E-state index in [0.29, 0.717) is 6.42 Å². The maximum Gasteiger partial charge on any atom is 0.326 e. The maximum absolute atomic E-state index is 11.5. The molecule has 0 heterocycles. The van der Waals surface area contributed by atoms with Crippen LogP contribution in [0.1, 0.15) is 12.0 Å². The lowest BCUT2D eigenvalue weighted by Gasteiger charge is -2.21. The van der Waals surface area contributed by atoms with Crippen molar-refractivity contribution in [2.75, 3.05) is 13.7 Å². The lowest BCUT2D eigenvalue weighted by molar-refractivity contribution is -0.201. The predicted octanol–water partition coefficient (Wildman–Crippen LogP) is 0.455. The summed E-state index contributed by atoms with van der Waals surface area (Å²) in [5.74, 6) is -1.79. The molecule has 0 unspecified atom stereocenters. The highest BCUT2D eigenvalue weighted by Crippen LogP contribution is 2.05. The second kappa shape index (κ2) is 7.50. The number of carbonyl (C=O) groups excluding carboxylic acids is 1. The summed E-state index contributed by atoms with van der Waals surface area (Å²) in [6.07, 6.45) is 0.663. The molecule has 0 aliphatic rings. The summed E-state index contributed by atoms with van der Waals surface area (Å²) in [5, 5.41) is 18.5. The van der Waals surface area contributed by atoms with E-state index in [2.05, 4.69) is 0 Å². The van der Waals surface area contributed by atoms with Crippen molar-refractivity contribution in [2.45, 2.75) is 18.9 Å². The normalized spacial score (nSPS) is 12.2. The number of likely N-dealkylation sites (N-methyl/N-ethyl adjacent to an activating group) is 1. The number of aliphatic carboxylic acids is 1. The van der Waals surface area contributed by atoms with Crippen molar-refractivity contribution in [2.24, 2.45) is 0 Å². The summed E-state index contributed by atoms with van der Waals surface area (Å²) in [6, 6.07) is 8.17. The summed E-state index contributed by atoms with van der Waals surface area (Å²) >= 11 is 0. The molecule has 104 valence electrons. The first-order valence-electron chi connectivity index (χ1n) is 5.85. The van der Waals surface area contributed by atoms with Crippen LogP contribution < -0.4 is 0 Å². The number of aliphatic hydroxyl groups excluding tert-OH is 1. The van der Waals surface area contributed by atoms with Gasteiger partial charge in [0.25, 0.3) is 0 Å². The first kappa shape index (κ1) is 15.1. The van der Waals surface area contributed by atoms with Crippen LogP contribution in [0.3, 0.4) is 0 Å². The van der Waals surface area contributed by atoms with Gasteiger partial charge in [-0.1, -0.05) is 30.3 Å². The van der Waals surface area contributed by atoms with E-state index in [1.54, 1.807) is 0 Å². The van der Waals surface area contributed by atoms with Crippen LogP contribution in [0.15, 0.2) is 30.3 Å². The molecule has 0 spiro atoms. The van der Waals surface area contributed by atoms with Crippen molar-refractivity contribution in [3.63, 3.8) is 0 Å². The third kappa shape index (κ3) is 5.07. The molecule has 1 aromatic rings. The Morgan fingerprint density at radius 2 is 1.95 bits per heavy atom. The number of benzene rings is 1. The van der Waals surface area contributed by atoms with Gasteiger partial charge in [0.15, 0.2) is 6.04 Å². The molecule has 0 aliphatic carbocycles. The summed E-state index contributed by atoms with van der Waals surface area (Å²) in [7, 11) is 1.30. The molecule has 0 bridgehead atoms. The zero-order chi connectivity index (χ0) is 14.3. The van der Waals surface area contributed by atoms with Gasteiger partial charge in [0, 0.05) is 7.05 Å². The monoisotopic (exact) mass is 267 g/mol. The van der Waals surface area contributed by atoms with Gasteiger partial charge in [-0.15, -0.1) is 5.06 Å². The molecule has 0 saturated heterocycles. The fraction of sp³-hybridized carbons (Fsp3) is 0.385. The number of carboxylic acids is 1. The highest BCUT2D eigenvalue weighted by Gasteiger charge is 2.24. The Bertz CT molecular complexity index is 420. The number of aryl methyl sites for hydroxylation is 1. The summed E-state index contributed by atoms with van der Waals surface area (Å²) in [6.45, 7) is -0.627. The van der Waals surface area contributed by atoms with E-state index >= 15 is 0 Å². The molecule has 1 aromatic carbocycles. The quantitative estimate of drug-likeness (QED) is 0.698. The SMILES string of the molecule is CN(OC(=O)CCc1ccccc1)[C@@H](CO)C(=O)O. The topological polar surface area (TPSA) is 87.1 Å². The van der Waals surface area contributed by atoms with Gasteiger partial charge in [-0.05, 0) is 12.0 Å². The van der Waals surface area contributed by atoms with Crippen LogP contribution in [0, 0.1) is 0 Å². The standard InChI is InChI=1S/C13H17NO5/c1-14(11(9-15)13(17)18)19-12(16)8-7-10-5-3-2-4-6-10/h2-6,11,15H,7-9H2,1H3,(H,17,18)/t11-/m0/s1. The van der Waals surface area contributed by atoms with E-state index in [9.17, 15) is 9.59 Å². The van der Waals surface area contributed by atoms with E-state index in [0.717, 1.165) is 10.6 Å². The molecule has 0 aromatic heterocycles. The average Bonchev–Trinajstić information content (AvgIpc) is 2.38. The van der Waals surface area contributed by atoms with Gasteiger partial charge < -0.3 is 15.1 Å². The number of nitrogens with zero attached hydrogens (tertiary/aromatic N) is 1. The zero-order valence-electron chi connectivity index (χ0n) is 10.7. The second-order valence-corrected chi connectivity index (χ2v) is 4.03. The molecule has 0 radical (unpaired) electrons. The first-order chi connectivity index (χ1) is 9.04. The smallest absolute Gasteiger partial charge is 0.326 e. The Hall–Kier alpha value is -1.92. The first-order valence-corrected chi connectivity index (χ1v) is 5.85. The zero-order valence-corrected chi connectivity index (χ0v) is 10.7. The van der Waals surface area contributed by atoms with E-state index < -0.39 is 24.6 Å². The van der Waals surface area contributed by atoms with Crippen LogP contribution in [-0.4, -0.2) is 46.9 Å². The molecule has 6 heteroatoms. The largest absolute Gasteiger partial charge is 0.480 e. The number of hydroxylamine groups is 2. The van der Waals surface area contributed by atoms with Gasteiger partial charge in [-0.2, -0.15) is 0 Å². The molecule has 0 amide bonds. The minimum Gasteiger partial charge on any atom is -0.480 e. The summed E-state index contributed by atoms with van der Waals surface area (Å²) in [5.41, 5.74) is 0.999. The lowest BCUT2D eigenvalue weighted by atomic mass is 10.1. The van der Waals surface area contributed by atoms with E-state index in [1.165, 1.54) is 7.05 Å². The summed E-state index contributed by atoms with van der Waals surface area (Å²) in [4.78, 5) is 27.1. The van der Waals surface area contributed by atoms with Crippen molar-refractivity contribution in [3.8, 4) is 0 Å². The number of hydrogen-bond acceptors (Lipinski definition) is 5. The fourth-order valence-corrected chi connectivity index (χ4v) is 1.51.